The summed E-state index contributed by atoms with van der Waals surface area (Å²) in [6.45, 7) is 3.64. The number of rotatable bonds is 3. The fraction of sp³-hybridized carbons (Fsp3) is 0.250. The van der Waals surface area contributed by atoms with Crippen LogP contribution in [0.3, 0.4) is 0 Å². The van der Waals surface area contributed by atoms with Crippen LogP contribution in [-0.4, -0.2) is 18.2 Å². The third kappa shape index (κ3) is 2.38. The van der Waals surface area contributed by atoms with E-state index in [0.29, 0.717) is 10.7 Å². The van der Waals surface area contributed by atoms with Crippen molar-refractivity contribution >= 4 is 15.8 Å². The first kappa shape index (κ1) is 12.6. The summed E-state index contributed by atoms with van der Waals surface area (Å²) in [6, 6.07) is 6.96. The highest BCUT2D eigenvalue weighted by Gasteiger charge is 2.18. The van der Waals surface area contributed by atoms with Crippen LogP contribution in [0, 0.1) is 13.8 Å². The summed E-state index contributed by atoms with van der Waals surface area (Å²) in [4.78, 5) is 0.295. The SMILES string of the molecule is Cc1ccc(C)c(S(=O)(=O)Nc2ccnn2C)c1. The van der Waals surface area contributed by atoms with Gasteiger partial charge in [0.05, 0.1) is 11.1 Å². The standard InChI is InChI=1S/C12H15N3O2S/c1-9-4-5-10(2)11(8-9)18(16,17)14-12-6-7-13-15(12)3/h4-8,14H,1-3H3. The van der Waals surface area contributed by atoms with Gasteiger partial charge < -0.3 is 0 Å². The molecular formula is C12H15N3O2S. The largest absolute Gasteiger partial charge is 0.264 e. The molecule has 0 aliphatic carbocycles. The maximum atomic E-state index is 12.3. The number of sulfonamides is 1. The predicted octanol–water partition coefficient (Wildman–Crippen LogP) is 1.84. The van der Waals surface area contributed by atoms with Gasteiger partial charge in [-0.05, 0) is 31.0 Å². The van der Waals surface area contributed by atoms with Gasteiger partial charge in [-0.1, -0.05) is 12.1 Å². The van der Waals surface area contributed by atoms with Crippen molar-refractivity contribution in [2.24, 2.45) is 7.05 Å². The minimum atomic E-state index is -3.57. The average Bonchev–Trinajstić information content (AvgIpc) is 2.67. The number of hydrogen-bond acceptors (Lipinski definition) is 3. The molecule has 5 nitrogen and oxygen atoms in total. The summed E-state index contributed by atoms with van der Waals surface area (Å²) in [7, 11) is -1.89. The lowest BCUT2D eigenvalue weighted by molar-refractivity contribution is 0.599. The summed E-state index contributed by atoms with van der Waals surface area (Å²) in [5, 5.41) is 3.92. The van der Waals surface area contributed by atoms with Gasteiger partial charge in [-0.3, -0.25) is 9.40 Å². The Morgan fingerprint density at radius 3 is 2.56 bits per heavy atom. The van der Waals surface area contributed by atoms with Crippen molar-refractivity contribution in [3.8, 4) is 0 Å². The van der Waals surface area contributed by atoms with Gasteiger partial charge in [0, 0.05) is 13.1 Å². The van der Waals surface area contributed by atoms with Crippen LogP contribution in [0.1, 0.15) is 11.1 Å². The maximum Gasteiger partial charge on any atom is 0.263 e. The summed E-state index contributed by atoms with van der Waals surface area (Å²) >= 11 is 0. The third-order valence-corrected chi connectivity index (χ3v) is 4.19. The smallest absolute Gasteiger partial charge is 0.263 e. The topological polar surface area (TPSA) is 64.0 Å². The Morgan fingerprint density at radius 2 is 1.94 bits per heavy atom. The average molecular weight is 265 g/mol. The highest BCUT2D eigenvalue weighted by Crippen LogP contribution is 2.19. The molecule has 0 spiro atoms. The van der Waals surface area contributed by atoms with Crippen molar-refractivity contribution in [3.63, 3.8) is 0 Å². The van der Waals surface area contributed by atoms with E-state index in [0.717, 1.165) is 11.1 Å². The minimum absolute atomic E-state index is 0.295. The molecule has 0 unspecified atom stereocenters. The van der Waals surface area contributed by atoms with Crippen LogP contribution in [-0.2, 0) is 17.1 Å². The Labute approximate surface area is 107 Å². The summed E-state index contributed by atoms with van der Waals surface area (Å²) < 4.78 is 28.5. The lowest BCUT2D eigenvalue weighted by atomic mass is 10.2. The van der Waals surface area contributed by atoms with Crippen molar-refractivity contribution in [2.45, 2.75) is 18.7 Å². The van der Waals surface area contributed by atoms with E-state index in [1.54, 1.807) is 38.4 Å². The Balaban J connectivity index is 2.43. The zero-order valence-electron chi connectivity index (χ0n) is 10.5. The molecule has 0 aliphatic heterocycles. The lowest BCUT2D eigenvalue weighted by Gasteiger charge is -2.10. The van der Waals surface area contributed by atoms with Crippen LogP contribution in [0.5, 0.6) is 0 Å². The van der Waals surface area contributed by atoms with E-state index in [4.69, 9.17) is 0 Å². The van der Waals surface area contributed by atoms with E-state index in [1.165, 1.54) is 4.68 Å². The highest BCUT2D eigenvalue weighted by molar-refractivity contribution is 7.92. The molecule has 0 fully saturated rings. The van der Waals surface area contributed by atoms with E-state index >= 15 is 0 Å². The number of aryl methyl sites for hydroxylation is 3. The molecule has 1 heterocycles. The van der Waals surface area contributed by atoms with E-state index in [2.05, 4.69) is 9.82 Å². The van der Waals surface area contributed by atoms with Gasteiger partial charge in [0.1, 0.15) is 5.82 Å². The zero-order chi connectivity index (χ0) is 13.3. The lowest BCUT2D eigenvalue weighted by Crippen LogP contribution is -2.16. The zero-order valence-corrected chi connectivity index (χ0v) is 11.3. The van der Waals surface area contributed by atoms with Gasteiger partial charge in [-0.2, -0.15) is 5.10 Å². The van der Waals surface area contributed by atoms with Gasteiger partial charge >= 0.3 is 0 Å². The molecule has 0 bridgehead atoms. The molecule has 1 N–H and O–H groups in total. The van der Waals surface area contributed by atoms with E-state index in [1.807, 2.05) is 13.0 Å². The number of hydrogen-bond donors (Lipinski definition) is 1. The first-order valence-corrected chi connectivity index (χ1v) is 6.96. The molecular weight excluding hydrogens is 250 g/mol. The normalized spacial score (nSPS) is 11.5. The minimum Gasteiger partial charge on any atom is -0.264 e. The second-order valence-corrected chi connectivity index (χ2v) is 5.87. The molecule has 96 valence electrons. The first-order valence-electron chi connectivity index (χ1n) is 5.48. The third-order valence-electron chi connectivity index (χ3n) is 2.69. The Kier molecular flexibility index (Phi) is 3.13. The van der Waals surface area contributed by atoms with Crippen molar-refractivity contribution in [2.75, 3.05) is 4.72 Å². The molecule has 2 rings (SSSR count). The van der Waals surface area contributed by atoms with Crippen LogP contribution in [0.15, 0.2) is 35.4 Å². The molecule has 0 atom stereocenters. The molecule has 0 amide bonds. The fourth-order valence-electron chi connectivity index (χ4n) is 1.66. The molecule has 2 aromatic rings. The molecule has 0 radical (unpaired) electrons. The second-order valence-electron chi connectivity index (χ2n) is 4.21. The number of anilines is 1. The van der Waals surface area contributed by atoms with E-state index in [-0.39, 0.29) is 0 Å². The summed E-state index contributed by atoms with van der Waals surface area (Å²) in [5.41, 5.74) is 1.63. The molecule has 0 aliphatic rings. The molecule has 1 aromatic heterocycles. The number of nitrogens with one attached hydrogen (secondary N) is 1. The predicted molar refractivity (Wildman–Crippen MR) is 69.9 cm³/mol. The quantitative estimate of drug-likeness (QED) is 0.921. The monoisotopic (exact) mass is 265 g/mol. The number of nitrogens with zero attached hydrogens (tertiary/aromatic N) is 2. The first-order chi connectivity index (χ1) is 8.40. The van der Waals surface area contributed by atoms with Crippen molar-refractivity contribution in [3.05, 3.63) is 41.6 Å². The second kappa shape index (κ2) is 4.45. The Hall–Kier alpha value is -1.82. The summed E-state index contributed by atoms with van der Waals surface area (Å²) in [6.07, 6.45) is 1.54. The van der Waals surface area contributed by atoms with Gasteiger partial charge in [0.2, 0.25) is 0 Å². The maximum absolute atomic E-state index is 12.3. The van der Waals surface area contributed by atoms with Gasteiger partial charge in [-0.25, -0.2) is 8.42 Å². The van der Waals surface area contributed by atoms with Gasteiger partial charge in [0.15, 0.2) is 0 Å². The van der Waals surface area contributed by atoms with Crippen LogP contribution in [0.2, 0.25) is 0 Å². The Bertz CT molecular complexity index is 674. The van der Waals surface area contributed by atoms with Crippen molar-refractivity contribution in [1.29, 1.82) is 0 Å². The van der Waals surface area contributed by atoms with Crippen molar-refractivity contribution in [1.82, 2.24) is 9.78 Å². The summed E-state index contributed by atoms with van der Waals surface area (Å²) in [5.74, 6) is 0.441. The molecule has 1 aromatic carbocycles. The van der Waals surface area contributed by atoms with Crippen LogP contribution in [0.25, 0.3) is 0 Å². The van der Waals surface area contributed by atoms with Crippen LogP contribution in [0.4, 0.5) is 5.82 Å². The highest BCUT2D eigenvalue weighted by atomic mass is 32.2. The van der Waals surface area contributed by atoms with E-state index < -0.39 is 10.0 Å². The van der Waals surface area contributed by atoms with Crippen molar-refractivity contribution < 1.29 is 8.42 Å². The number of aromatic nitrogens is 2. The molecule has 6 heteroatoms. The molecule has 0 saturated heterocycles. The Morgan fingerprint density at radius 1 is 1.22 bits per heavy atom. The van der Waals surface area contributed by atoms with E-state index in [9.17, 15) is 8.42 Å². The van der Waals surface area contributed by atoms with Gasteiger partial charge in [-0.15, -0.1) is 0 Å². The number of benzene rings is 1. The molecule has 18 heavy (non-hydrogen) atoms. The fourth-order valence-corrected chi connectivity index (χ4v) is 3.08. The van der Waals surface area contributed by atoms with Crippen LogP contribution < -0.4 is 4.72 Å². The van der Waals surface area contributed by atoms with Gasteiger partial charge in [0.25, 0.3) is 10.0 Å². The molecule has 0 saturated carbocycles. The van der Waals surface area contributed by atoms with Crippen LogP contribution >= 0.6 is 0 Å².